The summed E-state index contributed by atoms with van der Waals surface area (Å²) in [6, 6.07) is 0.679. The maximum absolute atomic E-state index is 5.54. The van der Waals surface area contributed by atoms with Crippen LogP contribution < -0.4 is 5.32 Å². The zero-order valence-corrected chi connectivity index (χ0v) is 11.9. The zero-order valence-electron chi connectivity index (χ0n) is 11.9. The summed E-state index contributed by atoms with van der Waals surface area (Å²) in [6.45, 7) is 13.2. The molecule has 0 aromatic carbocycles. The highest BCUT2D eigenvalue weighted by Crippen LogP contribution is 2.20. The Morgan fingerprint density at radius 2 is 1.94 bits per heavy atom. The van der Waals surface area contributed by atoms with Crippen LogP contribution in [0.1, 0.15) is 40.0 Å². The van der Waals surface area contributed by atoms with Gasteiger partial charge in [0.2, 0.25) is 0 Å². The van der Waals surface area contributed by atoms with Gasteiger partial charge in [-0.1, -0.05) is 13.8 Å². The number of likely N-dealkylation sites (tertiary alicyclic amines) is 1. The molecular formula is C14H30N2O. The van der Waals surface area contributed by atoms with Gasteiger partial charge in [0.25, 0.3) is 0 Å². The van der Waals surface area contributed by atoms with Crippen LogP contribution >= 0.6 is 0 Å². The highest BCUT2D eigenvalue weighted by molar-refractivity contribution is 4.79. The third kappa shape index (κ3) is 5.84. The Morgan fingerprint density at radius 1 is 1.24 bits per heavy atom. The molecular weight excluding hydrogens is 212 g/mol. The van der Waals surface area contributed by atoms with Gasteiger partial charge in [-0.2, -0.15) is 0 Å². The summed E-state index contributed by atoms with van der Waals surface area (Å²) in [6.07, 6.45) is 3.80. The summed E-state index contributed by atoms with van der Waals surface area (Å²) in [5.74, 6) is 0.864. The van der Waals surface area contributed by atoms with E-state index in [2.05, 4.69) is 31.0 Å². The Balaban J connectivity index is 2.08. The fourth-order valence-corrected chi connectivity index (χ4v) is 2.61. The van der Waals surface area contributed by atoms with Gasteiger partial charge in [-0.3, -0.25) is 0 Å². The zero-order chi connectivity index (χ0) is 12.5. The number of nitrogens with zero attached hydrogens (tertiary/aromatic N) is 1. The van der Waals surface area contributed by atoms with Crippen LogP contribution in [0, 0.1) is 5.92 Å². The van der Waals surface area contributed by atoms with E-state index in [1.165, 1.54) is 25.9 Å². The molecule has 17 heavy (non-hydrogen) atoms. The molecule has 1 N–H and O–H groups in total. The fourth-order valence-electron chi connectivity index (χ4n) is 2.61. The number of nitrogens with one attached hydrogen (secondary N) is 1. The highest BCUT2D eigenvalue weighted by atomic mass is 16.5. The molecule has 3 nitrogen and oxygen atoms in total. The normalized spacial score (nSPS) is 20.6. The first-order valence-corrected chi connectivity index (χ1v) is 7.31. The number of ether oxygens (including phenoxy) is 1. The molecule has 1 heterocycles. The average Bonchev–Trinajstić information content (AvgIpc) is 2.36. The summed E-state index contributed by atoms with van der Waals surface area (Å²) in [5.41, 5.74) is 0. The molecule has 1 aliphatic rings. The number of rotatable bonds is 8. The van der Waals surface area contributed by atoms with Gasteiger partial charge in [0.05, 0.1) is 6.61 Å². The molecule has 1 fully saturated rings. The molecule has 0 aromatic heterocycles. The van der Waals surface area contributed by atoms with Crippen molar-refractivity contribution >= 4 is 0 Å². The van der Waals surface area contributed by atoms with Crippen molar-refractivity contribution in [1.82, 2.24) is 10.2 Å². The molecule has 0 aromatic rings. The molecule has 1 rings (SSSR count). The van der Waals surface area contributed by atoms with Crippen molar-refractivity contribution in [2.24, 2.45) is 5.92 Å². The van der Waals surface area contributed by atoms with E-state index in [4.69, 9.17) is 4.74 Å². The van der Waals surface area contributed by atoms with Crippen LogP contribution in [0.15, 0.2) is 0 Å². The number of hydrogen-bond acceptors (Lipinski definition) is 3. The van der Waals surface area contributed by atoms with Gasteiger partial charge in [0, 0.05) is 19.2 Å². The third-order valence-corrected chi connectivity index (χ3v) is 3.77. The van der Waals surface area contributed by atoms with Crippen molar-refractivity contribution in [3.8, 4) is 0 Å². The van der Waals surface area contributed by atoms with Crippen LogP contribution in [0.3, 0.4) is 0 Å². The van der Waals surface area contributed by atoms with E-state index in [1.54, 1.807) is 0 Å². The predicted octanol–water partition coefficient (Wildman–Crippen LogP) is 2.12. The quantitative estimate of drug-likeness (QED) is 0.660. The van der Waals surface area contributed by atoms with Gasteiger partial charge in [-0.05, 0) is 51.7 Å². The number of piperidine rings is 1. The lowest BCUT2D eigenvalue weighted by Gasteiger charge is -2.35. The molecule has 0 radical (unpaired) electrons. The van der Waals surface area contributed by atoms with E-state index in [0.717, 1.165) is 38.6 Å². The lowest BCUT2D eigenvalue weighted by atomic mass is 9.90. The van der Waals surface area contributed by atoms with E-state index < -0.39 is 0 Å². The molecule has 1 saturated heterocycles. The second-order valence-electron chi connectivity index (χ2n) is 5.14. The van der Waals surface area contributed by atoms with Gasteiger partial charge < -0.3 is 15.0 Å². The Hall–Kier alpha value is -0.120. The summed E-state index contributed by atoms with van der Waals surface area (Å²) < 4.78 is 5.54. The minimum absolute atomic E-state index is 0.679. The minimum atomic E-state index is 0.679. The third-order valence-electron chi connectivity index (χ3n) is 3.77. The first-order chi connectivity index (χ1) is 8.27. The molecule has 102 valence electrons. The molecule has 0 spiro atoms. The molecule has 3 heteroatoms. The average molecular weight is 242 g/mol. The Labute approximate surface area is 107 Å². The molecule has 0 bridgehead atoms. The minimum Gasteiger partial charge on any atom is -0.380 e. The topological polar surface area (TPSA) is 24.5 Å². The van der Waals surface area contributed by atoms with E-state index in [0.29, 0.717) is 6.04 Å². The lowest BCUT2D eigenvalue weighted by Crippen LogP contribution is -2.42. The van der Waals surface area contributed by atoms with Crippen LogP contribution in [0.2, 0.25) is 0 Å². The Bertz CT molecular complexity index is 179. The van der Waals surface area contributed by atoms with Crippen molar-refractivity contribution in [2.45, 2.75) is 46.1 Å². The molecule has 1 unspecified atom stereocenters. The van der Waals surface area contributed by atoms with E-state index in [9.17, 15) is 0 Å². The van der Waals surface area contributed by atoms with Crippen LogP contribution in [0.25, 0.3) is 0 Å². The summed E-state index contributed by atoms with van der Waals surface area (Å²) in [4.78, 5) is 2.55. The maximum atomic E-state index is 5.54. The van der Waals surface area contributed by atoms with Crippen LogP contribution in [0.4, 0.5) is 0 Å². The van der Waals surface area contributed by atoms with Crippen LogP contribution in [0.5, 0.6) is 0 Å². The standard InChI is InChI=1S/C14H30N2O/c1-4-11-17-12-10-16-8-6-14(7-9-16)13(3)15-5-2/h13-15H,4-12H2,1-3H3. The van der Waals surface area contributed by atoms with Crippen LogP contribution in [-0.2, 0) is 4.74 Å². The van der Waals surface area contributed by atoms with Crippen LogP contribution in [-0.4, -0.2) is 50.3 Å². The monoisotopic (exact) mass is 242 g/mol. The van der Waals surface area contributed by atoms with Crippen molar-refractivity contribution in [3.05, 3.63) is 0 Å². The predicted molar refractivity (Wildman–Crippen MR) is 73.4 cm³/mol. The SMILES string of the molecule is CCCOCCN1CCC(C(C)NCC)CC1. The molecule has 0 saturated carbocycles. The van der Waals surface area contributed by atoms with E-state index in [1.807, 2.05) is 0 Å². The Kier molecular flexibility index (Phi) is 7.82. The van der Waals surface area contributed by atoms with E-state index in [-0.39, 0.29) is 0 Å². The molecule has 1 atom stereocenters. The first kappa shape index (κ1) is 14.9. The smallest absolute Gasteiger partial charge is 0.0593 e. The summed E-state index contributed by atoms with van der Waals surface area (Å²) >= 11 is 0. The maximum Gasteiger partial charge on any atom is 0.0593 e. The second-order valence-corrected chi connectivity index (χ2v) is 5.14. The van der Waals surface area contributed by atoms with Gasteiger partial charge in [-0.25, -0.2) is 0 Å². The molecule has 0 aliphatic carbocycles. The van der Waals surface area contributed by atoms with Gasteiger partial charge >= 0.3 is 0 Å². The van der Waals surface area contributed by atoms with Crippen molar-refractivity contribution in [1.29, 1.82) is 0 Å². The second kappa shape index (κ2) is 8.90. The van der Waals surface area contributed by atoms with Gasteiger partial charge in [0.1, 0.15) is 0 Å². The van der Waals surface area contributed by atoms with Gasteiger partial charge in [-0.15, -0.1) is 0 Å². The first-order valence-electron chi connectivity index (χ1n) is 7.31. The largest absolute Gasteiger partial charge is 0.380 e. The van der Waals surface area contributed by atoms with E-state index >= 15 is 0 Å². The molecule has 0 amide bonds. The highest BCUT2D eigenvalue weighted by Gasteiger charge is 2.22. The van der Waals surface area contributed by atoms with Crippen molar-refractivity contribution in [2.75, 3.05) is 39.4 Å². The summed E-state index contributed by atoms with van der Waals surface area (Å²) in [7, 11) is 0. The van der Waals surface area contributed by atoms with Crippen molar-refractivity contribution in [3.63, 3.8) is 0 Å². The van der Waals surface area contributed by atoms with Crippen molar-refractivity contribution < 1.29 is 4.74 Å². The summed E-state index contributed by atoms with van der Waals surface area (Å²) in [5, 5.41) is 3.55. The fraction of sp³-hybridized carbons (Fsp3) is 1.00. The number of hydrogen-bond donors (Lipinski definition) is 1. The molecule has 1 aliphatic heterocycles. The Morgan fingerprint density at radius 3 is 2.53 bits per heavy atom. The van der Waals surface area contributed by atoms with Gasteiger partial charge in [0.15, 0.2) is 0 Å². The lowest BCUT2D eigenvalue weighted by molar-refractivity contribution is 0.0848.